The van der Waals surface area contributed by atoms with Crippen molar-refractivity contribution >= 4 is 11.9 Å². The Morgan fingerprint density at radius 1 is 1.07 bits per heavy atom. The molecular formula is C23H29NO6. The van der Waals surface area contributed by atoms with Gasteiger partial charge in [-0.1, -0.05) is 12.1 Å². The molecule has 7 heteroatoms. The Bertz CT molecular complexity index is 787. The fourth-order valence-electron chi connectivity index (χ4n) is 3.79. The highest BCUT2D eigenvalue weighted by Crippen LogP contribution is 2.38. The Balaban J connectivity index is 1.97. The first-order valence-corrected chi connectivity index (χ1v) is 10.2. The van der Waals surface area contributed by atoms with Crippen molar-refractivity contribution in [3.63, 3.8) is 0 Å². The molecule has 2 heterocycles. The van der Waals surface area contributed by atoms with Crippen LogP contribution in [0, 0.1) is 0 Å². The van der Waals surface area contributed by atoms with Crippen LogP contribution < -0.4 is 4.74 Å². The molecule has 3 rings (SSSR count). The van der Waals surface area contributed by atoms with Crippen LogP contribution in [0.4, 0.5) is 0 Å². The minimum Gasteiger partial charge on any atom is -0.491 e. The Hall–Kier alpha value is -2.80. The third-order valence-corrected chi connectivity index (χ3v) is 5.10. The van der Waals surface area contributed by atoms with Gasteiger partial charge in [-0.3, -0.25) is 0 Å². The van der Waals surface area contributed by atoms with Gasteiger partial charge in [0.2, 0.25) is 0 Å². The van der Waals surface area contributed by atoms with Crippen molar-refractivity contribution in [1.82, 2.24) is 4.90 Å². The normalized spacial score (nSPS) is 19.4. The van der Waals surface area contributed by atoms with E-state index >= 15 is 0 Å². The lowest BCUT2D eigenvalue weighted by atomic mass is 9.83. The molecule has 1 saturated heterocycles. The van der Waals surface area contributed by atoms with E-state index in [1.54, 1.807) is 12.4 Å². The number of esters is 2. The van der Waals surface area contributed by atoms with Crippen LogP contribution in [0.3, 0.4) is 0 Å². The maximum atomic E-state index is 12.6. The number of ether oxygens (including phenoxy) is 4. The topological polar surface area (TPSA) is 74.3 Å². The van der Waals surface area contributed by atoms with Gasteiger partial charge in [0.15, 0.2) is 0 Å². The van der Waals surface area contributed by atoms with Gasteiger partial charge in [0.05, 0.1) is 43.5 Å². The minimum absolute atomic E-state index is 0.0490. The number of rotatable bonds is 7. The molecule has 2 aliphatic heterocycles. The van der Waals surface area contributed by atoms with E-state index < -0.39 is 17.9 Å². The highest BCUT2D eigenvalue weighted by atomic mass is 16.5. The Morgan fingerprint density at radius 3 is 2.13 bits per heavy atom. The number of nitrogens with zero attached hydrogens (tertiary/aromatic N) is 1. The molecule has 7 nitrogen and oxygen atoms in total. The second-order valence-electron chi connectivity index (χ2n) is 7.65. The van der Waals surface area contributed by atoms with Crippen molar-refractivity contribution in [2.75, 3.05) is 27.4 Å². The summed E-state index contributed by atoms with van der Waals surface area (Å²) < 4.78 is 21.5. The summed E-state index contributed by atoms with van der Waals surface area (Å²) in [5.41, 5.74) is 1.52. The number of methoxy groups -OCH3 is 2. The summed E-state index contributed by atoms with van der Waals surface area (Å²) in [6.45, 7) is 5.18. The smallest absolute Gasteiger partial charge is 0.336 e. The molecule has 1 unspecified atom stereocenters. The largest absolute Gasteiger partial charge is 0.491 e. The fraction of sp³-hybridized carbons (Fsp3) is 0.478. The van der Waals surface area contributed by atoms with Gasteiger partial charge in [0, 0.05) is 25.6 Å². The standard InChI is InChI=1S/C23H29NO6/c1-15(2)30-17-9-7-16(8-10-17)21-19(22(25)27-3)13-24(12-18-6-5-11-29-18)14-20(21)23(26)28-4/h7-10,13-15,18,21H,5-6,11-12H2,1-4H3. The van der Waals surface area contributed by atoms with Gasteiger partial charge in [-0.25, -0.2) is 9.59 Å². The predicted octanol–water partition coefficient (Wildman–Crippen LogP) is 3.17. The fourth-order valence-corrected chi connectivity index (χ4v) is 3.79. The quantitative estimate of drug-likeness (QED) is 0.633. The van der Waals surface area contributed by atoms with Crippen molar-refractivity contribution in [2.45, 2.75) is 44.8 Å². The Labute approximate surface area is 177 Å². The van der Waals surface area contributed by atoms with Crippen LogP contribution in [0.25, 0.3) is 0 Å². The van der Waals surface area contributed by atoms with Gasteiger partial charge >= 0.3 is 11.9 Å². The first-order valence-electron chi connectivity index (χ1n) is 10.2. The maximum Gasteiger partial charge on any atom is 0.336 e. The molecule has 162 valence electrons. The van der Waals surface area contributed by atoms with Gasteiger partial charge in [-0.15, -0.1) is 0 Å². The SMILES string of the molecule is COC(=O)C1=CN(CC2CCCO2)C=C(C(=O)OC)C1c1ccc(OC(C)C)cc1. The van der Waals surface area contributed by atoms with Gasteiger partial charge in [-0.2, -0.15) is 0 Å². The third-order valence-electron chi connectivity index (χ3n) is 5.10. The summed E-state index contributed by atoms with van der Waals surface area (Å²) in [5.74, 6) is -0.862. The van der Waals surface area contributed by atoms with Crippen LogP contribution in [0.2, 0.25) is 0 Å². The molecular weight excluding hydrogens is 386 g/mol. The molecule has 0 N–H and O–H groups in total. The number of hydrogen-bond donors (Lipinski definition) is 0. The molecule has 30 heavy (non-hydrogen) atoms. The van der Waals surface area contributed by atoms with E-state index in [1.807, 2.05) is 43.0 Å². The highest BCUT2D eigenvalue weighted by Gasteiger charge is 2.35. The summed E-state index contributed by atoms with van der Waals surface area (Å²) in [4.78, 5) is 27.1. The molecule has 0 saturated carbocycles. The molecule has 1 fully saturated rings. The number of hydrogen-bond acceptors (Lipinski definition) is 7. The maximum absolute atomic E-state index is 12.6. The monoisotopic (exact) mass is 415 g/mol. The van der Waals surface area contributed by atoms with Crippen LogP contribution in [0.15, 0.2) is 47.8 Å². The molecule has 1 atom stereocenters. The average Bonchev–Trinajstić information content (AvgIpc) is 3.25. The van der Waals surface area contributed by atoms with Gasteiger partial charge in [0.1, 0.15) is 5.75 Å². The van der Waals surface area contributed by atoms with Crippen molar-refractivity contribution in [1.29, 1.82) is 0 Å². The number of carbonyl (C=O) groups excluding carboxylic acids is 2. The van der Waals surface area contributed by atoms with Crippen LogP contribution in [-0.2, 0) is 23.8 Å². The van der Waals surface area contributed by atoms with Gasteiger partial charge in [0.25, 0.3) is 0 Å². The molecule has 0 spiro atoms. The van der Waals surface area contributed by atoms with E-state index in [0.29, 0.717) is 17.7 Å². The van der Waals surface area contributed by atoms with Crippen molar-refractivity contribution in [3.8, 4) is 5.75 Å². The lowest BCUT2D eigenvalue weighted by molar-refractivity contribution is -0.137. The lowest BCUT2D eigenvalue weighted by Crippen LogP contribution is -2.32. The summed E-state index contributed by atoms with van der Waals surface area (Å²) in [6.07, 6.45) is 5.53. The van der Waals surface area contributed by atoms with E-state index in [1.165, 1.54) is 14.2 Å². The van der Waals surface area contributed by atoms with Gasteiger partial charge < -0.3 is 23.8 Å². The predicted molar refractivity (Wildman–Crippen MR) is 111 cm³/mol. The molecule has 0 radical (unpaired) electrons. The molecule has 0 aromatic heterocycles. The molecule has 1 aromatic rings. The number of benzene rings is 1. The minimum atomic E-state index is -0.598. The van der Waals surface area contributed by atoms with Crippen molar-refractivity contribution in [2.24, 2.45) is 0 Å². The molecule has 2 aliphatic rings. The average molecular weight is 415 g/mol. The van der Waals surface area contributed by atoms with Gasteiger partial charge in [-0.05, 0) is 44.4 Å². The van der Waals surface area contributed by atoms with Crippen LogP contribution in [-0.4, -0.2) is 56.4 Å². The number of carbonyl (C=O) groups is 2. The van der Waals surface area contributed by atoms with E-state index in [2.05, 4.69) is 0 Å². The van der Waals surface area contributed by atoms with E-state index in [4.69, 9.17) is 18.9 Å². The molecule has 0 amide bonds. The summed E-state index contributed by atoms with van der Waals surface area (Å²) in [6, 6.07) is 7.37. The first-order chi connectivity index (χ1) is 14.4. The van der Waals surface area contributed by atoms with Crippen LogP contribution in [0.5, 0.6) is 5.75 Å². The van der Waals surface area contributed by atoms with Crippen LogP contribution in [0.1, 0.15) is 38.2 Å². The van der Waals surface area contributed by atoms with Crippen molar-refractivity contribution in [3.05, 3.63) is 53.4 Å². The second kappa shape index (κ2) is 9.80. The second-order valence-corrected chi connectivity index (χ2v) is 7.65. The molecule has 0 aliphatic carbocycles. The molecule has 1 aromatic carbocycles. The Morgan fingerprint density at radius 2 is 1.67 bits per heavy atom. The molecule has 0 bridgehead atoms. The highest BCUT2D eigenvalue weighted by molar-refractivity contribution is 5.98. The van der Waals surface area contributed by atoms with E-state index in [0.717, 1.165) is 30.8 Å². The van der Waals surface area contributed by atoms with E-state index in [9.17, 15) is 9.59 Å². The zero-order valence-corrected chi connectivity index (χ0v) is 17.9. The zero-order chi connectivity index (χ0) is 21.7. The summed E-state index contributed by atoms with van der Waals surface area (Å²) >= 11 is 0. The van der Waals surface area contributed by atoms with Crippen LogP contribution >= 0.6 is 0 Å². The van der Waals surface area contributed by atoms with Crippen molar-refractivity contribution < 1.29 is 28.5 Å². The lowest BCUT2D eigenvalue weighted by Gasteiger charge is -2.31. The Kier molecular flexibility index (Phi) is 7.15. The first kappa shape index (κ1) is 21.9. The summed E-state index contributed by atoms with van der Waals surface area (Å²) in [7, 11) is 2.67. The third kappa shape index (κ3) is 5.02. The zero-order valence-electron chi connectivity index (χ0n) is 17.9. The summed E-state index contributed by atoms with van der Waals surface area (Å²) in [5, 5.41) is 0. The van der Waals surface area contributed by atoms with E-state index in [-0.39, 0.29) is 12.2 Å².